The van der Waals surface area contributed by atoms with Crippen LogP contribution in [0.4, 0.5) is 27.3 Å². The van der Waals surface area contributed by atoms with E-state index in [1.54, 1.807) is 23.7 Å². The van der Waals surface area contributed by atoms with Gasteiger partial charge in [0, 0.05) is 57.4 Å². The molecule has 2 aromatic heterocycles. The zero-order chi connectivity index (χ0) is 47.5. The molecule has 3 atom stereocenters. The number of phenols is 1. The number of hydrogen-bond donors (Lipinski definition) is 4. The number of rotatable bonds is 15. The maximum absolute atomic E-state index is 14.7. The fourth-order valence-electron chi connectivity index (χ4n) is 8.50. The second-order valence-electron chi connectivity index (χ2n) is 18.8. The fraction of sp³-hybridized carbons (Fsp3) is 0.429. The number of thiazole rings is 1. The van der Waals surface area contributed by atoms with Crippen LogP contribution in [0.2, 0.25) is 0 Å². The first-order valence-electron chi connectivity index (χ1n) is 22.7. The highest BCUT2D eigenvalue weighted by Gasteiger charge is 2.53. The van der Waals surface area contributed by atoms with E-state index in [0.29, 0.717) is 60.3 Å². The maximum atomic E-state index is 14.7. The first kappa shape index (κ1) is 47.0. The van der Waals surface area contributed by atoms with Gasteiger partial charge in [0.05, 0.1) is 38.8 Å². The SMILES string of the molecule is Cc1ncsc1-c1ccc(CNC(=O)[C@H]2C[C@H](C)CN2C(=O)[C@@H](NC(=O)C2(F)CC2)C(C)(C)C)c(N=Nc2cccc(OCCN3CCN(c4cc(-c5ccccc5O)nnc4N)CC3)c2)c1. The lowest BCUT2D eigenvalue weighted by Gasteiger charge is -2.36. The van der Waals surface area contributed by atoms with E-state index < -0.39 is 35.0 Å². The molecule has 2 aliphatic heterocycles. The molecule has 8 rings (SSSR count). The number of azo groups is 1. The quantitative estimate of drug-likeness (QED) is 0.0764. The highest BCUT2D eigenvalue weighted by molar-refractivity contribution is 7.13. The van der Waals surface area contributed by atoms with Crippen molar-refractivity contribution in [1.29, 1.82) is 0 Å². The smallest absolute Gasteiger partial charge is 0.258 e. The van der Waals surface area contributed by atoms with Crippen LogP contribution >= 0.6 is 11.3 Å². The van der Waals surface area contributed by atoms with Crippen LogP contribution in [0.3, 0.4) is 0 Å². The minimum absolute atomic E-state index is 0.0396. The minimum Gasteiger partial charge on any atom is -0.507 e. The van der Waals surface area contributed by atoms with Gasteiger partial charge in [0.1, 0.15) is 30.2 Å². The molecule has 16 nitrogen and oxygen atoms in total. The van der Waals surface area contributed by atoms with E-state index in [4.69, 9.17) is 15.6 Å². The van der Waals surface area contributed by atoms with Crippen LogP contribution in [0.15, 0.2) is 88.5 Å². The number of carbonyl (C=O) groups is 3. The zero-order valence-electron chi connectivity index (χ0n) is 38.5. The molecule has 0 spiro atoms. The summed E-state index contributed by atoms with van der Waals surface area (Å²) in [5.74, 6) is -0.330. The zero-order valence-corrected chi connectivity index (χ0v) is 39.4. The molecular weight excluding hydrogens is 874 g/mol. The maximum Gasteiger partial charge on any atom is 0.258 e. The first-order chi connectivity index (χ1) is 32.1. The summed E-state index contributed by atoms with van der Waals surface area (Å²) in [7, 11) is 0. The van der Waals surface area contributed by atoms with Crippen molar-refractivity contribution >= 4 is 51.9 Å². The van der Waals surface area contributed by atoms with Crippen LogP contribution in [0.1, 0.15) is 58.2 Å². The van der Waals surface area contributed by atoms with Crippen LogP contribution in [0.5, 0.6) is 11.5 Å². The molecule has 1 saturated carbocycles. The van der Waals surface area contributed by atoms with Gasteiger partial charge in [0.2, 0.25) is 11.8 Å². The number of aryl methyl sites for hydroxylation is 1. The molecule has 3 amide bonds. The molecule has 0 radical (unpaired) electrons. The number of nitrogen functional groups attached to an aromatic ring is 1. The molecule has 2 saturated heterocycles. The number of ether oxygens (including phenoxy) is 1. The van der Waals surface area contributed by atoms with Crippen molar-refractivity contribution in [3.05, 3.63) is 89.6 Å². The molecule has 4 heterocycles. The third-order valence-electron chi connectivity index (χ3n) is 12.6. The number of carbonyl (C=O) groups excluding carboxylic acids is 3. The number of nitrogens with two attached hydrogens (primary N) is 1. The van der Waals surface area contributed by atoms with E-state index in [2.05, 4.69) is 40.7 Å². The molecular formula is C49H58FN11O5S. The summed E-state index contributed by atoms with van der Waals surface area (Å²) in [6.45, 7) is 14.1. The Morgan fingerprint density at radius 1 is 1.01 bits per heavy atom. The Bertz CT molecular complexity index is 2640. The van der Waals surface area contributed by atoms with Crippen LogP contribution in [-0.4, -0.2) is 111 Å². The Labute approximate surface area is 393 Å². The fourth-order valence-corrected chi connectivity index (χ4v) is 9.30. The summed E-state index contributed by atoms with van der Waals surface area (Å²) in [4.78, 5) is 52.3. The van der Waals surface area contributed by atoms with Gasteiger partial charge in [-0.25, -0.2) is 9.37 Å². The van der Waals surface area contributed by atoms with Gasteiger partial charge in [0.25, 0.3) is 5.91 Å². The molecule has 5 aromatic rings. The van der Waals surface area contributed by atoms with Crippen molar-refractivity contribution in [2.45, 2.75) is 78.2 Å². The van der Waals surface area contributed by atoms with E-state index in [-0.39, 0.29) is 37.0 Å². The van der Waals surface area contributed by atoms with Gasteiger partial charge < -0.3 is 36.0 Å². The van der Waals surface area contributed by atoms with E-state index >= 15 is 0 Å². The lowest BCUT2D eigenvalue weighted by Crippen LogP contribution is -2.58. The largest absolute Gasteiger partial charge is 0.507 e. The summed E-state index contributed by atoms with van der Waals surface area (Å²) in [6.07, 6.45) is 0.725. The lowest BCUT2D eigenvalue weighted by atomic mass is 9.85. The van der Waals surface area contributed by atoms with E-state index in [1.807, 2.05) is 89.2 Å². The van der Waals surface area contributed by atoms with Gasteiger partial charge in [-0.2, -0.15) is 10.2 Å². The number of amides is 3. The summed E-state index contributed by atoms with van der Waals surface area (Å²) in [5.41, 5.74) is 11.0. The van der Waals surface area contributed by atoms with E-state index in [9.17, 15) is 23.9 Å². The summed E-state index contributed by atoms with van der Waals surface area (Å²) in [6, 6.07) is 20.4. The van der Waals surface area contributed by atoms with Crippen molar-refractivity contribution in [3.8, 4) is 33.2 Å². The standard InChI is InChI=1S/C49H58FN11O5S/c1-30-23-40(61(28-30)46(64)43(48(3,4)5)54-47(65)49(50)15-16-49)45(63)52-27-33-14-13-32(42-31(2)53-29-67-42)24-37(33)56-55-34-9-8-10-35(25-34)66-22-21-59-17-19-60(20-18-59)39-26-38(57-58-44(39)51)36-11-6-7-12-41(36)62/h6-14,24-26,29-30,40,43,62H,15-23,27-28H2,1-5H3,(H2,51,58)(H,52,63)(H,54,65)/t30-,40+,43+/m0/s1. The van der Waals surface area contributed by atoms with E-state index in [0.717, 1.165) is 53.6 Å². The van der Waals surface area contributed by atoms with Gasteiger partial charge in [-0.15, -0.1) is 21.5 Å². The number of hydrogen-bond acceptors (Lipinski definition) is 14. The van der Waals surface area contributed by atoms with Gasteiger partial charge in [-0.05, 0) is 85.0 Å². The number of anilines is 2. The number of phenolic OH excluding ortho intramolecular Hbond substituents is 1. The molecule has 5 N–H and O–H groups in total. The van der Waals surface area contributed by atoms with Crippen molar-refractivity contribution in [1.82, 2.24) is 35.6 Å². The third-order valence-corrected chi connectivity index (χ3v) is 13.6. The number of aromatic nitrogens is 3. The summed E-state index contributed by atoms with van der Waals surface area (Å²) < 4.78 is 20.9. The molecule has 3 aromatic carbocycles. The number of para-hydroxylation sites is 1. The van der Waals surface area contributed by atoms with Crippen molar-refractivity contribution in [3.63, 3.8) is 0 Å². The Hall–Kier alpha value is -6.53. The number of piperazine rings is 1. The van der Waals surface area contributed by atoms with E-state index in [1.165, 1.54) is 16.2 Å². The van der Waals surface area contributed by atoms with Gasteiger partial charge in [-0.3, -0.25) is 19.3 Å². The van der Waals surface area contributed by atoms with Crippen molar-refractivity contribution in [2.75, 3.05) is 56.5 Å². The molecule has 3 fully saturated rings. The van der Waals surface area contributed by atoms with Crippen LogP contribution in [0, 0.1) is 18.3 Å². The molecule has 18 heteroatoms. The Balaban J connectivity index is 0.897. The normalized spacial score (nSPS) is 18.8. The van der Waals surface area contributed by atoms with Crippen LogP contribution < -0.4 is 26.0 Å². The highest BCUT2D eigenvalue weighted by atomic mass is 32.1. The monoisotopic (exact) mass is 931 g/mol. The Morgan fingerprint density at radius 3 is 2.51 bits per heavy atom. The average Bonchev–Trinajstić information content (AvgIpc) is 3.72. The second-order valence-corrected chi connectivity index (χ2v) is 19.7. The molecule has 67 heavy (non-hydrogen) atoms. The lowest BCUT2D eigenvalue weighted by molar-refractivity contribution is -0.144. The topological polar surface area (TPSA) is 204 Å². The number of nitrogens with one attached hydrogen (secondary N) is 2. The second kappa shape index (κ2) is 19.7. The minimum atomic E-state index is -1.93. The molecule has 3 aliphatic rings. The van der Waals surface area contributed by atoms with Crippen LogP contribution in [-0.2, 0) is 20.9 Å². The predicted molar refractivity (Wildman–Crippen MR) is 256 cm³/mol. The highest BCUT2D eigenvalue weighted by Crippen LogP contribution is 2.41. The molecule has 1 aliphatic carbocycles. The summed E-state index contributed by atoms with van der Waals surface area (Å²) >= 11 is 1.52. The van der Waals surface area contributed by atoms with Crippen LogP contribution in [0.25, 0.3) is 21.7 Å². The third kappa shape index (κ3) is 11.0. The average molecular weight is 932 g/mol. The van der Waals surface area contributed by atoms with Crippen molar-refractivity contribution in [2.24, 2.45) is 21.6 Å². The van der Waals surface area contributed by atoms with Crippen molar-refractivity contribution < 1.29 is 28.6 Å². The first-order valence-corrected chi connectivity index (χ1v) is 23.6. The van der Waals surface area contributed by atoms with Gasteiger partial charge in [-0.1, -0.05) is 58.0 Å². The number of alkyl halides is 1. The number of likely N-dealkylation sites (tertiary alicyclic amines) is 1. The molecule has 0 bridgehead atoms. The number of nitrogens with zero attached hydrogens (tertiary/aromatic N) is 8. The Kier molecular flexibility index (Phi) is 13.8. The van der Waals surface area contributed by atoms with Gasteiger partial charge >= 0.3 is 0 Å². The number of aromatic hydroxyl groups is 1. The predicted octanol–water partition coefficient (Wildman–Crippen LogP) is 7.37. The molecule has 0 unspecified atom stereocenters. The molecule has 352 valence electrons. The van der Waals surface area contributed by atoms with Gasteiger partial charge in [0.15, 0.2) is 11.5 Å². The summed E-state index contributed by atoms with van der Waals surface area (Å²) in [5, 5.41) is 33.8. The number of benzene rings is 3. The Morgan fingerprint density at radius 2 is 1.79 bits per heavy atom. The number of halogens is 1.